The summed E-state index contributed by atoms with van der Waals surface area (Å²) in [7, 11) is 0. The summed E-state index contributed by atoms with van der Waals surface area (Å²) >= 11 is 0. The molecule has 0 saturated heterocycles. The average molecular weight is 178 g/mol. The lowest BCUT2D eigenvalue weighted by atomic mass is 10.2. The van der Waals surface area contributed by atoms with Crippen LogP contribution in [0.25, 0.3) is 10.4 Å². The van der Waals surface area contributed by atoms with Crippen molar-refractivity contribution in [1.82, 2.24) is 0 Å². The third-order valence-corrected chi connectivity index (χ3v) is 1.41. The van der Waals surface area contributed by atoms with E-state index in [1.165, 1.54) is 18.2 Å². The number of nitrogens with zero attached hydrogens (tertiary/aromatic N) is 3. The number of azide groups is 1. The van der Waals surface area contributed by atoms with Crippen LogP contribution in [0.1, 0.15) is 10.4 Å². The number of benzene rings is 1. The Bertz CT molecular complexity index is 395. The highest BCUT2D eigenvalue weighted by atomic mass is 16.3. The molecule has 66 valence electrons. The van der Waals surface area contributed by atoms with Crippen LogP contribution in [-0.4, -0.2) is 11.0 Å². The molecule has 3 N–H and O–H groups in total. The van der Waals surface area contributed by atoms with E-state index in [-0.39, 0.29) is 17.0 Å². The Labute approximate surface area is 73.2 Å². The van der Waals surface area contributed by atoms with Gasteiger partial charge in [-0.25, -0.2) is 0 Å². The van der Waals surface area contributed by atoms with Crippen molar-refractivity contribution in [2.45, 2.75) is 0 Å². The summed E-state index contributed by atoms with van der Waals surface area (Å²) in [5, 5.41) is 12.4. The zero-order valence-corrected chi connectivity index (χ0v) is 6.51. The van der Waals surface area contributed by atoms with E-state index in [9.17, 15) is 4.79 Å². The van der Waals surface area contributed by atoms with Crippen molar-refractivity contribution >= 4 is 11.6 Å². The summed E-state index contributed by atoms with van der Waals surface area (Å²) in [4.78, 5) is 13.2. The van der Waals surface area contributed by atoms with Gasteiger partial charge in [0, 0.05) is 10.6 Å². The molecule has 0 atom stereocenters. The largest absolute Gasteiger partial charge is 0.507 e. The number of aromatic hydroxyl groups is 1. The maximum Gasteiger partial charge on any atom is 0.252 e. The zero-order chi connectivity index (χ0) is 9.84. The monoisotopic (exact) mass is 178 g/mol. The molecule has 0 heterocycles. The van der Waals surface area contributed by atoms with Crippen LogP contribution >= 0.6 is 0 Å². The zero-order valence-electron chi connectivity index (χ0n) is 6.51. The molecule has 0 spiro atoms. The SMILES string of the molecule is [N-]=[N+]=Nc1ccc(O)c(C(N)=O)c1. The summed E-state index contributed by atoms with van der Waals surface area (Å²) in [6.07, 6.45) is 0. The molecule has 0 unspecified atom stereocenters. The van der Waals surface area contributed by atoms with Crippen LogP contribution in [-0.2, 0) is 0 Å². The predicted molar refractivity (Wildman–Crippen MR) is 45.4 cm³/mol. The van der Waals surface area contributed by atoms with Crippen molar-refractivity contribution < 1.29 is 9.90 Å². The van der Waals surface area contributed by atoms with Crippen LogP contribution in [0.5, 0.6) is 5.75 Å². The summed E-state index contributed by atoms with van der Waals surface area (Å²) in [6, 6.07) is 3.84. The molecule has 0 aliphatic rings. The van der Waals surface area contributed by atoms with E-state index in [4.69, 9.17) is 16.4 Å². The molecule has 1 amide bonds. The highest BCUT2D eigenvalue weighted by Crippen LogP contribution is 2.22. The molecule has 6 heteroatoms. The van der Waals surface area contributed by atoms with Crippen molar-refractivity contribution in [1.29, 1.82) is 0 Å². The van der Waals surface area contributed by atoms with Gasteiger partial charge in [0.05, 0.1) is 5.56 Å². The lowest BCUT2D eigenvalue weighted by Crippen LogP contribution is -2.10. The highest BCUT2D eigenvalue weighted by molar-refractivity contribution is 5.96. The highest BCUT2D eigenvalue weighted by Gasteiger charge is 2.06. The number of hydrogen-bond acceptors (Lipinski definition) is 3. The molecule has 0 saturated carbocycles. The summed E-state index contributed by atoms with van der Waals surface area (Å²) in [5.74, 6) is -1.00. The number of amides is 1. The van der Waals surface area contributed by atoms with Crippen LogP contribution in [0.2, 0.25) is 0 Å². The number of nitrogens with two attached hydrogens (primary N) is 1. The van der Waals surface area contributed by atoms with Gasteiger partial charge >= 0.3 is 0 Å². The Morgan fingerprint density at radius 2 is 2.31 bits per heavy atom. The Morgan fingerprint density at radius 3 is 2.85 bits per heavy atom. The molecule has 0 aliphatic heterocycles. The third kappa shape index (κ3) is 1.88. The van der Waals surface area contributed by atoms with Gasteiger partial charge < -0.3 is 10.8 Å². The fourth-order valence-electron chi connectivity index (χ4n) is 0.835. The van der Waals surface area contributed by atoms with E-state index in [1.54, 1.807) is 0 Å². The third-order valence-electron chi connectivity index (χ3n) is 1.41. The number of carbonyl (C=O) groups excluding carboxylic acids is 1. The standard InChI is InChI=1S/C7H6N4O2/c8-7(13)5-3-4(10-11-9)1-2-6(5)12/h1-3,12H,(H2,8,13). The van der Waals surface area contributed by atoms with E-state index in [0.29, 0.717) is 0 Å². The van der Waals surface area contributed by atoms with Crippen LogP contribution in [0.3, 0.4) is 0 Å². The molecule has 6 nitrogen and oxygen atoms in total. The first kappa shape index (κ1) is 8.89. The molecule has 1 aromatic rings. The minimum atomic E-state index is -0.771. The van der Waals surface area contributed by atoms with Crippen molar-refractivity contribution in [2.75, 3.05) is 0 Å². The maximum atomic E-state index is 10.7. The van der Waals surface area contributed by atoms with Gasteiger partial charge in [0.2, 0.25) is 0 Å². The lowest BCUT2D eigenvalue weighted by molar-refractivity contribution is 0.0998. The van der Waals surface area contributed by atoms with Gasteiger partial charge in [-0.2, -0.15) is 0 Å². The van der Waals surface area contributed by atoms with Gasteiger partial charge in [0.25, 0.3) is 5.91 Å². The van der Waals surface area contributed by atoms with Gasteiger partial charge in [-0.15, -0.1) is 0 Å². The van der Waals surface area contributed by atoms with E-state index in [2.05, 4.69) is 10.0 Å². The summed E-state index contributed by atoms with van der Waals surface area (Å²) in [6.45, 7) is 0. The number of carbonyl (C=O) groups is 1. The second kappa shape index (κ2) is 3.46. The van der Waals surface area contributed by atoms with Crippen LogP contribution in [0.15, 0.2) is 23.3 Å². The normalized spacial score (nSPS) is 8.92. The topological polar surface area (TPSA) is 112 Å². The Balaban J connectivity index is 3.26. The quantitative estimate of drug-likeness (QED) is 0.405. The van der Waals surface area contributed by atoms with Crippen molar-refractivity contribution in [3.63, 3.8) is 0 Å². The lowest BCUT2D eigenvalue weighted by Gasteiger charge is -1.99. The first-order chi connectivity index (χ1) is 6.15. The van der Waals surface area contributed by atoms with Crippen molar-refractivity contribution in [3.8, 4) is 5.75 Å². The molecule has 1 aromatic carbocycles. The van der Waals surface area contributed by atoms with Crippen molar-refractivity contribution in [2.24, 2.45) is 10.8 Å². The first-order valence-electron chi connectivity index (χ1n) is 3.33. The first-order valence-corrected chi connectivity index (χ1v) is 3.33. The Hall–Kier alpha value is -2.20. The summed E-state index contributed by atoms with van der Waals surface area (Å²) in [5.41, 5.74) is 13.2. The molecule has 0 radical (unpaired) electrons. The van der Waals surface area contributed by atoms with Gasteiger partial charge in [0.15, 0.2) is 0 Å². The number of rotatable bonds is 2. The van der Waals surface area contributed by atoms with Crippen LogP contribution < -0.4 is 5.73 Å². The fraction of sp³-hybridized carbons (Fsp3) is 0. The number of phenols is 1. The molecular formula is C7H6N4O2. The fourth-order valence-corrected chi connectivity index (χ4v) is 0.835. The second-order valence-electron chi connectivity index (χ2n) is 2.26. The minimum absolute atomic E-state index is 0.0649. The van der Waals surface area contributed by atoms with E-state index < -0.39 is 5.91 Å². The molecule has 13 heavy (non-hydrogen) atoms. The van der Waals surface area contributed by atoms with Gasteiger partial charge in [0.1, 0.15) is 5.75 Å². The second-order valence-corrected chi connectivity index (χ2v) is 2.26. The minimum Gasteiger partial charge on any atom is -0.507 e. The van der Waals surface area contributed by atoms with Gasteiger partial charge in [-0.1, -0.05) is 5.11 Å². The molecule has 1 rings (SSSR count). The molecular weight excluding hydrogens is 172 g/mol. The van der Waals surface area contributed by atoms with Gasteiger partial charge in [-0.05, 0) is 23.7 Å². The Morgan fingerprint density at radius 1 is 1.62 bits per heavy atom. The molecule has 0 fully saturated rings. The Kier molecular flexibility index (Phi) is 2.37. The van der Waals surface area contributed by atoms with E-state index in [0.717, 1.165) is 0 Å². The smallest absolute Gasteiger partial charge is 0.252 e. The molecule has 0 aliphatic carbocycles. The molecule has 0 aromatic heterocycles. The van der Waals surface area contributed by atoms with Crippen LogP contribution in [0.4, 0.5) is 5.69 Å². The number of primary amides is 1. The van der Waals surface area contributed by atoms with Gasteiger partial charge in [-0.3, -0.25) is 4.79 Å². The van der Waals surface area contributed by atoms with Crippen LogP contribution in [0, 0.1) is 0 Å². The summed E-state index contributed by atoms with van der Waals surface area (Å²) < 4.78 is 0. The average Bonchev–Trinajstić information content (AvgIpc) is 2.08. The maximum absolute atomic E-state index is 10.7. The van der Waals surface area contributed by atoms with E-state index in [1.807, 2.05) is 0 Å². The predicted octanol–water partition coefficient (Wildman–Crippen LogP) is 1.43. The van der Waals surface area contributed by atoms with Crippen molar-refractivity contribution in [3.05, 3.63) is 34.2 Å². The number of hydrogen-bond donors (Lipinski definition) is 2. The van der Waals surface area contributed by atoms with E-state index >= 15 is 0 Å². The molecule has 0 bridgehead atoms.